The van der Waals surface area contributed by atoms with Gasteiger partial charge in [0.25, 0.3) is 0 Å². The van der Waals surface area contributed by atoms with Crippen LogP contribution in [-0.2, 0) is 9.53 Å². The van der Waals surface area contributed by atoms with Gasteiger partial charge in [0.15, 0.2) is 0 Å². The Kier molecular flexibility index (Phi) is 4.69. The first-order valence-electron chi connectivity index (χ1n) is 6.18. The second-order valence-electron chi connectivity index (χ2n) is 4.08. The third-order valence-electron chi connectivity index (χ3n) is 2.68. The molecule has 0 aliphatic rings. The van der Waals surface area contributed by atoms with Crippen LogP contribution in [0.25, 0.3) is 11.7 Å². The molecular weight excluding hydrogens is 242 g/mol. The summed E-state index contributed by atoms with van der Waals surface area (Å²) < 4.78 is 6.84. The number of methoxy groups -OCH3 is 1. The predicted octanol–water partition coefficient (Wildman–Crippen LogP) is 1.50. The first-order valence-corrected chi connectivity index (χ1v) is 6.18. The van der Waals surface area contributed by atoms with Gasteiger partial charge in [0.05, 0.1) is 11.9 Å². The van der Waals surface area contributed by atoms with Crippen molar-refractivity contribution in [3.8, 4) is 0 Å². The Hall–Kier alpha value is -2.14. The number of pyridine rings is 1. The number of carbonyl (C=O) groups excluding carboxylic acids is 1. The molecule has 0 saturated carbocycles. The standard InChI is InChI=1S/C14H17N3O2/c1-19-10-4-8-15-14(18)7-6-12-11-16-13-5-2-3-9-17(12)13/h2-3,5-7,9,11H,4,8,10H2,1H3,(H,15,18)/b7-6+. The smallest absolute Gasteiger partial charge is 0.244 e. The van der Waals surface area contributed by atoms with E-state index in [-0.39, 0.29) is 5.91 Å². The largest absolute Gasteiger partial charge is 0.385 e. The molecule has 19 heavy (non-hydrogen) atoms. The van der Waals surface area contributed by atoms with E-state index in [0.29, 0.717) is 13.2 Å². The zero-order valence-corrected chi connectivity index (χ0v) is 10.9. The number of ether oxygens (including phenoxy) is 1. The van der Waals surface area contributed by atoms with Gasteiger partial charge in [-0.15, -0.1) is 0 Å². The minimum atomic E-state index is -0.109. The van der Waals surface area contributed by atoms with Crippen molar-refractivity contribution >= 4 is 17.6 Å². The number of hydrogen-bond acceptors (Lipinski definition) is 3. The van der Waals surface area contributed by atoms with Gasteiger partial charge < -0.3 is 14.5 Å². The minimum Gasteiger partial charge on any atom is -0.385 e. The van der Waals surface area contributed by atoms with Crippen LogP contribution in [0.15, 0.2) is 36.7 Å². The number of hydrogen-bond donors (Lipinski definition) is 1. The summed E-state index contributed by atoms with van der Waals surface area (Å²) in [5.74, 6) is -0.109. The number of nitrogens with zero attached hydrogens (tertiary/aromatic N) is 2. The maximum Gasteiger partial charge on any atom is 0.244 e. The maximum atomic E-state index is 11.6. The van der Waals surface area contributed by atoms with E-state index in [9.17, 15) is 4.79 Å². The van der Waals surface area contributed by atoms with E-state index < -0.39 is 0 Å². The molecule has 0 atom stereocenters. The van der Waals surface area contributed by atoms with E-state index >= 15 is 0 Å². The van der Waals surface area contributed by atoms with Crippen LogP contribution in [0.4, 0.5) is 0 Å². The summed E-state index contributed by atoms with van der Waals surface area (Å²) in [5, 5.41) is 2.79. The number of aromatic nitrogens is 2. The van der Waals surface area contributed by atoms with Gasteiger partial charge in [0.2, 0.25) is 5.91 Å². The Balaban J connectivity index is 1.93. The van der Waals surface area contributed by atoms with Gasteiger partial charge in [-0.1, -0.05) is 6.07 Å². The van der Waals surface area contributed by atoms with Crippen LogP contribution < -0.4 is 5.32 Å². The van der Waals surface area contributed by atoms with Gasteiger partial charge in [-0.05, 0) is 24.6 Å². The fourth-order valence-electron chi connectivity index (χ4n) is 1.72. The monoisotopic (exact) mass is 259 g/mol. The molecule has 0 spiro atoms. The zero-order chi connectivity index (χ0) is 13.5. The van der Waals surface area contributed by atoms with Crippen LogP contribution in [0.5, 0.6) is 0 Å². The molecule has 0 bridgehead atoms. The summed E-state index contributed by atoms with van der Waals surface area (Å²) in [4.78, 5) is 15.8. The van der Waals surface area contributed by atoms with Crippen molar-refractivity contribution in [3.05, 3.63) is 42.4 Å². The van der Waals surface area contributed by atoms with Crippen molar-refractivity contribution in [2.75, 3.05) is 20.3 Å². The van der Waals surface area contributed by atoms with Crippen LogP contribution >= 0.6 is 0 Å². The molecule has 0 fully saturated rings. The molecule has 1 N–H and O–H groups in total. The molecule has 2 aromatic heterocycles. The third-order valence-corrected chi connectivity index (χ3v) is 2.68. The Morgan fingerprint density at radius 1 is 1.53 bits per heavy atom. The van der Waals surface area contributed by atoms with Gasteiger partial charge >= 0.3 is 0 Å². The molecule has 2 heterocycles. The Morgan fingerprint density at radius 3 is 3.26 bits per heavy atom. The van der Waals surface area contributed by atoms with Crippen molar-refractivity contribution in [3.63, 3.8) is 0 Å². The van der Waals surface area contributed by atoms with E-state index in [4.69, 9.17) is 4.74 Å². The highest BCUT2D eigenvalue weighted by molar-refractivity contribution is 5.91. The van der Waals surface area contributed by atoms with Crippen molar-refractivity contribution in [2.24, 2.45) is 0 Å². The van der Waals surface area contributed by atoms with Crippen LogP contribution in [0.3, 0.4) is 0 Å². The minimum absolute atomic E-state index is 0.109. The second kappa shape index (κ2) is 6.70. The molecule has 2 aromatic rings. The summed E-state index contributed by atoms with van der Waals surface area (Å²) in [6.07, 6.45) is 7.74. The number of nitrogens with one attached hydrogen (secondary N) is 1. The SMILES string of the molecule is COCCCNC(=O)/C=C/c1cnc2ccccn12. The van der Waals surface area contributed by atoms with E-state index in [1.807, 2.05) is 28.8 Å². The number of fused-ring (bicyclic) bond motifs is 1. The first-order chi connectivity index (χ1) is 9.31. The molecule has 5 nitrogen and oxygen atoms in total. The summed E-state index contributed by atoms with van der Waals surface area (Å²) in [6.45, 7) is 1.27. The maximum absolute atomic E-state index is 11.6. The number of imidazole rings is 1. The summed E-state index contributed by atoms with van der Waals surface area (Å²) in [6, 6.07) is 5.78. The highest BCUT2D eigenvalue weighted by Gasteiger charge is 1.99. The molecule has 0 aromatic carbocycles. The molecule has 0 saturated heterocycles. The molecule has 0 aliphatic heterocycles. The van der Waals surface area contributed by atoms with Gasteiger partial charge in [-0.3, -0.25) is 4.79 Å². The number of amides is 1. The van der Waals surface area contributed by atoms with Gasteiger partial charge in [-0.2, -0.15) is 0 Å². The van der Waals surface area contributed by atoms with Crippen molar-refractivity contribution in [1.29, 1.82) is 0 Å². The molecule has 0 unspecified atom stereocenters. The molecule has 0 aliphatic carbocycles. The van der Waals surface area contributed by atoms with Crippen molar-refractivity contribution in [2.45, 2.75) is 6.42 Å². The summed E-state index contributed by atoms with van der Waals surface area (Å²) >= 11 is 0. The predicted molar refractivity (Wildman–Crippen MR) is 73.7 cm³/mol. The average molecular weight is 259 g/mol. The molecule has 0 radical (unpaired) electrons. The molecular formula is C14H17N3O2. The lowest BCUT2D eigenvalue weighted by Crippen LogP contribution is -2.22. The normalized spacial score (nSPS) is 11.2. The van der Waals surface area contributed by atoms with E-state index in [1.54, 1.807) is 19.4 Å². The van der Waals surface area contributed by atoms with Crippen molar-refractivity contribution < 1.29 is 9.53 Å². The van der Waals surface area contributed by atoms with E-state index in [0.717, 1.165) is 17.8 Å². The second-order valence-corrected chi connectivity index (χ2v) is 4.08. The molecule has 5 heteroatoms. The summed E-state index contributed by atoms with van der Waals surface area (Å²) in [5.41, 5.74) is 1.74. The fourth-order valence-corrected chi connectivity index (χ4v) is 1.72. The van der Waals surface area contributed by atoms with Crippen LogP contribution in [-0.4, -0.2) is 35.6 Å². The van der Waals surface area contributed by atoms with Gasteiger partial charge in [0.1, 0.15) is 5.65 Å². The lowest BCUT2D eigenvalue weighted by atomic mass is 10.3. The Bertz CT molecular complexity index is 575. The van der Waals surface area contributed by atoms with Crippen molar-refractivity contribution in [1.82, 2.24) is 14.7 Å². The van der Waals surface area contributed by atoms with E-state index in [1.165, 1.54) is 6.08 Å². The summed E-state index contributed by atoms with van der Waals surface area (Å²) in [7, 11) is 1.65. The highest BCUT2D eigenvalue weighted by atomic mass is 16.5. The van der Waals surface area contributed by atoms with Crippen LogP contribution in [0.2, 0.25) is 0 Å². The molecule has 2 rings (SSSR count). The van der Waals surface area contributed by atoms with Gasteiger partial charge in [0, 0.05) is 32.5 Å². The van der Waals surface area contributed by atoms with Crippen LogP contribution in [0, 0.1) is 0 Å². The lowest BCUT2D eigenvalue weighted by molar-refractivity contribution is -0.116. The highest BCUT2D eigenvalue weighted by Crippen LogP contribution is 2.07. The third kappa shape index (κ3) is 3.66. The van der Waals surface area contributed by atoms with Gasteiger partial charge in [-0.25, -0.2) is 4.98 Å². The quantitative estimate of drug-likeness (QED) is 0.632. The Morgan fingerprint density at radius 2 is 2.42 bits per heavy atom. The topological polar surface area (TPSA) is 55.6 Å². The first kappa shape index (κ1) is 13.3. The molecule has 1 amide bonds. The molecule has 100 valence electrons. The fraction of sp³-hybridized carbons (Fsp3) is 0.286. The lowest BCUT2D eigenvalue weighted by Gasteiger charge is -2.00. The van der Waals surface area contributed by atoms with Crippen LogP contribution in [0.1, 0.15) is 12.1 Å². The Labute approximate surface area is 111 Å². The van der Waals surface area contributed by atoms with E-state index in [2.05, 4.69) is 10.3 Å². The number of carbonyl (C=O) groups is 1. The number of rotatable bonds is 6. The zero-order valence-electron chi connectivity index (χ0n) is 10.9. The average Bonchev–Trinajstić information content (AvgIpc) is 2.85.